The molecular weight excluding hydrogens is 491 g/mol. The topological polar surface area (TPSA) is 124 Å². The van der Waals surface area contributed by atoms with Crippen LogP contribution >= 0.6 is 0 Å². The molecule has 0 fully saturated rings. The van der Waals surface area contributed by atoms with Crippen LogP contribution in [0.5, 0.6) is 0 Å². The van der Waals surface area contributed by atoms with E-state index in [2.05, 4.69) is 0 Å². The van der Waals surface area contributed by atoms with E-state index < -0.39 is 45.2 Å². The van der Waals surface area contributed by atoms with Crippen molar-refractivity contribution in [3.05, 3.63) is 105 Å². The number of carbonyl (C=O) groups excluding carboxylic acids is 2. The number of Topliss-reactive ketones (excluding diaryl/α,β-unsaturated/α-hetero) is 1. The Bertz CT molecular complexity index is 1420. The van der Waals surface area contributed by atoms with E-state index in [1.54, 1.807) is 12.1 Å². The molecule has 0 aliphatic carbocycles. The quantitative estimate of drug-likeness (QED) is 0.194. The lowest BCUT2D eigenvalue weighted by molar-refractivity contribution is -0.384. The van der Waals surface area contributed by atoms with E-state index in [1.807, 2.05) is 12.1 Å². The summed E-state index contributed by atoms with van der Waals surface area (Å²) >= 11 is 0. The lowest BCUT2D eigenvalue weighted by Gasteiger charge is -2.36. The molecule has 0 saturated heterocycles. The van der Waals surface area contributed by atoms with Gasteiger partial charge in [0, 0.05) is 24.2 Å². The van der Waals surface area contributed by atoms with Crippen molar-refractivity contribution in [2.75, 3.05) is 13.2 Å². The highest BCUT2D eigenvalue weighted by Crippen LogP contribution is 2.36. The van der Waals surface area contributed by atoms with Crippen LogP contribution in [0.25, 0.3) is 0 Å². The van der Waals surface area contributed by atoms with Gasteiger partial charge in [0.15, 0.2) is 6.61 Å². The maximum absolute atomic E-state index is 13.4. The molecule has 1 atom stereocenters. The second-order valence-electron chi connectivity index (χ2n) is 8.13. The number of hydrogen-bond donors (Lipinski definition) is 0. The summed E-state index contributed by atoms with van der Waals surface area (Å²) in [5, 5.41) is 10.9. The third-order valence-electron chi connectivity index (χ3n) is 5.89. The molecule has 1 unspecified atom stereocenters. The molecule has 3 aromatic carbocycles. The van der Waals surface area contributed by atoms with Gasteiger partial charge in [0.2, 0.25) is 15.8 Å². The Hall–Kier alpha value is -3.96. The zero-order chi connectivity index (χ0) is 25.9. The highest BCUT2D eigenvalue weighted by molar-refractivity contribution is 7.89. The molecule has 0 radical (unpaired) electrons. The summed E-state index contributed by atoms with van der Waals surface area (Å²) in [4.78, 5) is 35.3. The fourth-order valence-corrected chi connectivity index (χ4v) is 5.71. The van der Waals surface area contributed by atoms with E-state index in [9.17, 15) is 32.5 Å². The molecule has 186 valence electrons. The fraction of sp³-hybridized carbons (Fsp3) is 0.200. The number of nitrogens with zero attached hydrogens (tertiary/aromatic N) is 2. The van der Waals surface area contributed by atoms with Crippen molar-refractivity contribution >= 4 is 27.5 Å². The maximum atomic E-state index is 13.4. The molecule has 3 aromatic rings. The van der Waals surface area contributed by atoms with Gasteiger partial charge in [-0.1, -0.05) is 36.4 Å². The normalized spacial score (nSPS) is 15.6. The molecule has 1 aliphatic rings. The van der Waals surface area contributed by atoms with E-state index in [-0.39, 0.29) is 29.1 Å². The maximum Gasteiger partial charge on any atom is 0.308 e. The second-order valence-corrected chi connectivity index (χ2v) is 10.0. The minimum Gasteiger partial charge on any atom is -0.457 e. The molecule has 11 heteroatoms. The van der Waals surface area contributed by atoms with Crippen LogP contribution in [0, 0.1) is 15.9 Å². The smallest absolute Gasteiger partial charge is 0.308 e. The van der Waals surface area contributed by atoms with Crippen molar-refractivity contribution in [3.63, 3.8) is 0 Å². The standard InChI is InChI=1S/C25H21FN2O7S/c26-19-8-10-21(11-9-19)36(33,34)27-13-12-17-4-1-2-7-22(17)23(27)15-25(30)35-16-24(29)18-5-3-6-20(14-18)28(31)32/h1-11,14,23H,12-13,15-16H2. The van der Waals surface area contributed by atoms with Crippen molar-refractivity contribution < 1.29 is 32.1 Å². The van der Waals surface area contributed by atoms with Crippen LogP contribution in [-0.4, -0.2) is 42.6 Å². The number of non-ortho nitro benzene ring substituents is 1. The lowest BCUT2D eigenvalue weighted by Crippen LogP contribution is -2.41. The summed E-state index contributed by atoms with van der Waals surface area (Å²) in [6.07, 6.45) is 0.0626. The van der Waals surface area contributed by atoms with Gasteiger partial charge in [-0.15, -0.1) is 0 Å². The number of nitro benzene ring substituents is 1. The molecular formula is C25H21FN2O7S. The first-order valence-corrected chi connectivity index (χ1v) is 12.4. The Kier molecular flexibility index (Phi) is 7.22. The van der Waals surface area contributed by atoms with Crippen LogP contribution in [0.1, 0.15) is 33.9 Å². The molecule has 0 N–H and O–H groups in total. The second kappa shape index (κ2) is 10.3. The van der Waals surface area contributed by atoms with Crippen LogP contribution < -0.4 is 0 Å². The first-order chi connectivity index (χ1) is 17.2. The molecule has 0 saturated carbocycles. The van der Waals surface area contributed by atoms with Crippen LogP contribution in [0.3, 0.4) is 0 Å². The van der Waals surface area contributed by atoms with Crippen molar-refractivity contribution in [3.8, 4) is 0 Å². The van der Waals surface area contributed by atoms with Crippen LogP contribution in [0.2, 0.25) is 0 Å². The number of sulfonamides is 1. The number of ketones is 1. The third-order valence-corrected chi connectivity index (χ3v) is 7.81. The summed E-state index contributed by atoms with van der Waals surface area (Å²) in [6, 6.07) is 15.7. The van der Waals surface area contributed by atoms with Gasteiger partial charge in [0.1, 0.15) is 5.82 Å². The summed E-state index contributed by atoms with van der Waals surface area (Å²) in [5.41, 5.74) is 1.26. The SMILES string of the molecule is O=C(CC1c2ccccc2CCN1S(=O)(=O)c1ccc(F)cc1)OCC(=O)c1cccc([N+](=O)[O-])c1. The Morgan fingerprint density at radius 3 is 2.50 bits per heavy atom. The van der Waals surface area contributed by atoms with Gasteiger partial charge in [0.05, 0.1) is 22.3 Å². The summed E-state index contributed by atoms with van der Waals surface area (Å²) < 4.78 is 46.4. The zero-order valence-corrected chi connectivity index (χ0v) is 19.7. The van der Waals surface area contributed by atoms with E-state index in [4.69, 9.17) is 4.74 Å². The Labute approximate surface area is 206 Å². The van der Waals surface area contributed by atoms with Crippen molar-refractivity contribution in [1.82, 2.24) is 4.31 Å². The number of rotatable bonds is 8. The predicted molar refractivity (Wildman–Crippen MR) is 126 cm³/mol. The van der Waals surface area contributed by atoms with Gasteiger partial charge in [-0.25, -0.2) is 12.8 Å². The molecule has 4 rings (SSSR count). The fourth-order valence-electron chi connectivity index (χ4n) is 4.11. The van der Waals surface area contributed by atoms with E-state index in [0.717, 1.165) is 35.9 Å². The number of fused-ring (bicyclic) bond motifs is 1. The van der Waals surface area contributed by atoms with Gasteiger partial charge in [-0.3, -0.25) is 19.7 Å². The first kappa shape index (κ1) is 25.1. The third kappa shape index (κ3) is 5.31. The molecule has 36 heavy (non-hydrogen) atoms. The molecule has 1 heterocycles. The number of benzene rings is 3. The van der Waals surface area contributed by atoms with Crippen LogP contribution in [-0.2, 0) is 26.0 Å². The summed E-state index contributed by atoms with van der Waals surface area (Å²) in [7, 11) is -4.08. The minimum absolute atomic E-state index is 0.0144. The predicted octanol–water partition coefficient (Wildman–Crippen LogP) is 3.84. The molecule has 0 spiro atoms. The molecule has 1 aliphatic heterocycles. The number of ether oxygens (including phenoxy) is 1. The number of esters is 1. The van der Waals surface area contributed by atoms with E-state index in [1.165, 1.54) is 22.5 Å². The molecule has 0 bridgehead atoms. The number of hydrogen-bond acceptors (Lipinski definition) is 7. The zero-order valence-electron chi connectivity index (χ0n) is 18.9. The largest absolute Gasteiger partial charge is 0.457 e. The van der Waals surface area contributed by atoms with Crippen molar-refractivity contribution in [2.45, 2.75) is 23.8 Å². The number of halogens is 1. The monoisotopic (exact) mass is 512 g/mol. The highest BCUT2D eigenvalue weighted by Gasteiger charge is 2.38. The molecule has 0 aromatic heterocycles. The molecule has 0 amide bonds. The molecule has 9 nitrogen and oxygen atoms in total. The number of nitro groups is 1. The van der Waals surface area contributed by atoms with E-state index in [0.29, 0.717) is 12.0 Å². The summed E-state index contributed by atoms with van der Waals surface area (Å²) in [6.45, 7) is -0.555. The summed E-state index contributed by atoms with van der Waals surface area (Å²) in [5.74, 6) is -2.02. The first-order valence-electron chi connectivity index (χ1n) is 11.0. The van der Waals surface area contributed by atoms with Gasteiger partial charge in [0.25, 0.3) is 5.69 Å². The Morgan fingerprint density at radius 1 is 1.06 bits per heavy atom. The number of carbonyl (C=O) groups is 2. The Morgan fingerprint density at radius 2 is 1.78 bits per heavy atom. The van der Waals surface area contributed by atoms with E-state index >= 15 is 0 Å². The van der Waals surface area contributed by atoms with Crippen LogP contribution in [0.4, 0.5) is 10.1 Å². The Balaban J connectivity index is 1.54. The average molecular weight is 513 g/mol. The van der Waals surface area contributed by atoms with Crippen molar-refractivity contribution in [2.24, 2.45) is 0 Å². The van der Waals surface area contributed by atoms with Crippen LogP contribution in [0.15, 0.2) is 77.7 Å². The van der Waals surface area contributed by atoms with Gasteiger partial charge in [-0.05, 0) is 41.8 Å². The van der Waals surface area contributed by atoms with Crippen molar-refractivity contribution in [1.29, 1.82) is 0 Å². The van der Waals surface area contributed by atoms with Gasteiger partial charge < -0.3 is 4.74 Å². The van der Waals surface area contributed by atoms with Gasteiger partial charge >= 0.3 is 5.97 Å². The average Bonchev–Trinajstić information content (AvgIpc) is 2.87. The van der Waals surface area contributed by atoms with Gasteiger partial charge in [-0.2, -0.15) is 4.31 Å². The highest BCUT2D eigenvalue weighted by atomic mass is 32.2. The lowest BCUT2D eigenvalue weighted by atomic mass is 9.92. The minimum atomic E-state index is -4.08.